The molecule has 2 aromatic carbocycles. The Bertz CT molecular complexity index is 693. The van der Waals surface area contributed by atoms with Crippen LogP contribution in [0.1, 0.15) is 11.6 Å². The number of nitrogens with one attached hydrogen (secondary N) is 1. The molecule has 0 amide bonds. The zero-order chi connectivity index (χ0) is 18.9. The van der Waals surface area contributed by atoms with Crippen LogP contribution in [0.3, 0.4) is 0 Å². The third kappa shape index (κ3) is 3.49. The smallest absolute Gasteiger partial charge is 0.308 e. The second-order valence-electron chi connectivity index (χ2n) is 5.40. The normalized spacial score (nSPS) is 14.4. The molecule has 2 aromatic rings. The average molecular weight is 365 g/mol. The summed E-state index contributed by atoms with van der Waals surface area (Å²) in [5, 5.41) is 1.87. The van der Waals surface area contributed by atoms with E-state index < -0.39 is 24.1 Å². The van der Waals surface area contributed by atoms with Gasteiger partial charge in [0.15, 0.2) is 0 Å². The summed E-state index contributed by atoms with van der Waals surface area (Å²) in [6, 6.07) is 11.2. The van der Waals surface area contributed by atoms with Gasteiger partial charge in [0.2, 0.25) is 0 Å². The summed E-state index contributed by atoms with van der Waals surface area (Å²) in [6.07, 6.45) is -6.37. The van der Waals surface area contributed by atoms with Crippen LogP contribution in [0, 0.1) is 0 Å². The highest BCUT2D eigenvalue weighted by atomic mass is 19.4. The number of hydrogen-bond acceptors (Lipinski definition) is 1. The Kier molecular flexibility index (Phi) is 5.13. The summed E-state index contributed by atoms with van der Waals surface area (Å²) >= 11 is 0. The molecule has 2 rings (SSSR count). The highest BCUT2D eigenvalue weighted by Gasteiger charge is 2.75. The van der Waals surface area contributed by atoms with E-state index in [9.17, 15) is 30.7 Å². The van der Waals surface area contributed by atoms with Gasteiger partial charge >= 0.3 is 18.0 Å². The van der Waals surface area contributed by atoms with Crippen molar-refractivity contribution >= 4 is 0 Å². The van der Waals surface area contributed by atoms with E-state index in [4.69, 9.17) is 0 Å². The molecule has 1 N–H and O–H groups in total. The van der Waals surface area contributed by atoms with Crippen LogP contribution in [-0.4, -0.2) is 25.1 Å². The molecule has 1 unspecified atom stereocenters. The zero-order valence-electron chi connectivity index (χ0n) is 12.9. The molecule has 0 aliphatic rings. The molecular weight excluding hydrogens is 351 g/mol. The Labute approximate surface area is 139 Å². The standard InChI is InChI=1S/C17H14F7N/c1-25-14(15(18,19)16(20,21)17(22,23)24)13-9-7-12(8-10-13)11-5-3-2-4-6-11/h2-10,14,25H,1H3. The maximum atomic E-state index is 13.9. The molecule has 25 heavy (non-hydrogen) atoms. The van der Waals surface area contributed by atoms with Gasteiger partial charge in [0.1, 0.15) is 6.04 Å². The molecule has 0 saturated heterocycles. The third-order valence-electron chi connectivity index (χ3n) is 3.78. The fraction of sp³-hybridized carbons (Fsp3) is 0.294. The molecule has 0 fully saturated rings. The lowest BCUT2D eigenvalue weighted by molar-refractivity contribution is -0.360. The van der Waals surface area contributed by atoms with Gasteiger partial charge in [-0.2, -0.15) is 30.7 Å². The van der Waals surface area contributed by atoms with Crippen molar-refractivity contribution in [2.45, 2.75) is 24.1 Å². The molecule has 136 valence electrons. The van der Waals surface area contributed by atoms with Crippen LogP contribution < -0.4 is 5.32 Å². The maximum Gasteiger partial charge on any atom is 0.459 e. The predicted octanol–water partition coefficient (Wildman–Crippen LogP) is 5.45. The molecule has 0 spiro atoms. The molecule has 0 radical (unpaired) electrons. The first-order valence-corrected chi connectivity index (χ1v) is 7.17. The van der Waals surface area contributed by atoms with E-state index in [1.54, 1.807) is 30.3 Å². The van der Waals surface area contributed by atoms with Crippen LogP contribution in [0.2, 0.25) is 0 Å². The van der Waals surface area contributed by atoms with Gasteiger partial charge in [-0.1, -0.05) is 54.6 Å². The van der Waals surface area contributed by atoms with Gasteiger partial charge in [-0.25, -0.2) is 0 Å². The summed E-state index contributed by atoms with van der Waals surface area (Å²) in [5.41, 5.74) is 0.989. The molecule has 8 heteroatoms. The molecule has 1 atom stereocenters. The van der Waals surface area contributed by atoms with Crippen LogP contribution in [0.5, 0.6) is 0 Å². The van der Waals surface area contributed by atoms with Gasteiger partial charge in [0, 0.05) is 0 Å². The maximum absolute atomic E-state index is 13.9. The van der Waals surface area contributed by atoms with Crippen LogP contribution in [0.25, 0.3) is 11.1 Å². The Morgan fingerprint density at radius 1 is 0.720 bits per heavy atom. The summed E-state index contributed by atoms with van der Waals surface area (Å²) in [5.74, 6) is -11.5. The molecule has 0 saturated carbocycles. The van der Waals surface area contributed by atoms with E-state index in [1.165, 1.54) is 12.1 Å². The van der Waals surface area contributed by atoms with Crippen molar-refractivity contribution < 1.29 is 30.7 Å². The largest absolute Gasteiger partial charge is 0.459 e. The third-order valence-corrected chi connectivity index (χ3v) is 3.78. The Morgan fingerprint density at radius 3 is 1.64 bits per heavy atom. The monoisotopic (exact) mass is 365 g/mol. The Balaban J connectivity index is 2.38. The van der Waals surface area contributed by atoms with Crippen molar-refractivity contribution in [2.24, 2.45) is 0 Å². The van der Waals surface area contributed by atoms with Gasteiger partial charge in [0.25, 0.3) is 0 Å². The molecule has 0 bridgehead atoms. The fourth-order valence-electron chi connectivity index (χ4n) is 2.43. The van der Waals surface area contributed by atoms with E-state index in [2.05, 4.69) is 0 Å². The van der Waals surface area contributed by atoms with Crippen LogP contribution in [-0.2, 0) is 0 Å². The van der Waals surface area contributed by atoms with E-state index in [-0.39, 0.29) is 5.56 Å². The number of rotatable bonds is 5. The Hall–Kier alpha value is -2.09. The van der Waals surface area contributed by atoms with Crippen molar-refractivity contribution in [1.29, 1.82) is 0 Å². The van der Waals surface area contributed by atoms with Crippen molar-refractivity contribution in [3.63, 3.8) is 0 Å². The molecule has 0 heterocycles. The highest BCUT2D eigenvalue weighted by Crippen LogP contribution is 2.51. The van der Waals surface area contributed by atoms with Crippen molar-refractivity contribution in [3.05, 3.63) is 60.2 Å². The van der Waals surface area contributed by atoms with Crippen LogP contribution in [0.4, 0.5) is 30.7 Å². The van der Waals surface area contributed by atoms with Crippen LogP contribution >= 0.6 is 0 Å². The van der Waals surface area contributed by atoms with Crippen molar-refractivity contribution in [2.75, 3.05) is 7.05 Å². The fourth-order valence-corrected chi connectivity index (χ4v) is 2.43. The van der Waals surface area contributed by atoms with E-state index in [1.807, 2.05) is 5.32 Å². The molecule has 1 nitrogen and oxygen atoms in total. The van der Waals surface area contributed by atoms with Crippen molar-refractivity contribution in [3.8, 4) is 11.1 Å². The lowest BCUT2D eigenvalue weighted by Crippen LogP contribution is -2.57. The second kappa shape index (κ2) is 6.67. The lowest BCUT2D eigenvalue weighted by Gasteiger charge is -2.34. The molecular formula is C17H14F7N. The SMILES string of the molecule is CNC(c1ccc(-c2ccccc2)cc1)C(F)(F)C(F)(F)C(F)(F)F. The van der Waals surface area contributed by atoms with E-state index >= 15 is 0 Å². The van der Waals surface area contributed by atoms with Crippen molar-refractivity contribution in [1.82, 2.24) is 5.32 Å². The summed E-state index contributed by atoms with van der Waals surface area (Å²) in [4.78, 5) is 0. The second-order valence-corrected chi connectivity index (χ2v) is 5.40. The minimum absolute atomic E-state index is 0.379. The van der Waals surface area contributed by atoms with Gasteiger partial charge in [-0.3, -0.25) is 0 Å². The summed E-state index contributed by atoms with van der Waals surface area (Å²) < 4.78 is 91.5. The quantitative estimate of drug-likeness (QED) is 0.695. The summed E-state index contributed by atoms with van der Waals surface area (Å²) in [7, 11) is 0.899. The lowest BCUT2D eigenvalue weighted by atomic mass is 9.93. The van der Waals surface area contributed by atoms with Gasteiger partial charge in [-0.05, 0) is 23.7 Å². The number of halogens is 7. The average Bonchev–Trinajstić information content (AvgIpc) is 2.55. The first kappa shape index (κ1) is 19.2. The van der Waals surface area contributed by atoms with Gasteiger partial charge < -0.3 is 5.32 Å². The van der Waals surface area contributed by atoms with E-state index in [0.29, 0.717) is 5.56 Å². The first-order chi connectivity index (χ1) is 11.5. The molecule has 0 aliphatic carbocycles. The van der Waals surface area contributed by atoms with Crippen LogP contribution in [0.15, 0.2) is 54.6 Å². The minimum atomic E-state index is -6.37. The van der Waals surface area contributed by atoms with E-state index in [0.717, 1.165) is 24.7 Å². The topological polar surface area (TPSA) is 12.0 Å². The first-order valence-electron chi connectivity index (χ1n) is 7.17. The summed E-state index contributed by atoms with van der Waals surface area (Å²) in [6.45, 7) is 0. The molecule has 0 aliphatic heterocycles. The predicted molar refractivity (Wildman–Crippen MR) is 79.6 cm³/mol. The zero-order valence-corrected chi connectivity index (χ0v) is 12.9. The minimum Gasteiger partial charge on any atom is -0.308 e. The number of alkyl halides is 7. The molecule has 0 aromatic heterocycles. The number of hydrogen-bond donors (Lipinski definition) is 1. The Morgan fingerprint density at radius 2 is 1.20 bits per heavy atom. The number of benzene rings is 2. The highest BCUT2D eigenvalue weighted by molar-refractivity contribution is 5.63. The van der Waals surface area contributed by atoms with Gasteiger partial charge in [-0.15, -0.1) is 0 Å². The van der Waals surface area contributed by atoms with Gasteiger partial charge in [0.05, 0.1) is 0 Å².